The van der Waals surface area contributed by atoms with Gasteiger partial charge in [0.05, 0.1) is 33.5 Å². The van der Waals surface area contributed by atoms with Gasteiger partial charge in [-0.25, -0.2) is 0 Å². The van der Waals surface area contributed by atoms with E-state index in [0.29, 0.717) is 5.56 Å². The molecule has 8 atom stereocenters. The standard InChI is InChI=1S/C19H28O12/c1-27-11-4-9(5-20)2-3-10(11)30-17-15(24)14(23)13(22)12(31-17)6-28-18-16(25)19(26,7-21)8-29-18/h2-4,12-18,20-26H,5-8H2,1H3. The first kappa shape index (κ1) is 24.1. The van der Waals surface area contributed by atoms with Gasteiger partial charge in [-0.15, -0.1) is 0 Å². The molecule has 176 valence electrons. The van der Waals surface area contributed by atoms with Crippen LogP contribution in [-0.4, -0.2) is 111 Å². The number of aliphatic hydroxyl groups excluding tert-OH is 6. The molecule has 1 aromatic rings. The molecule has 0 bridgehead atoms. The summed E-state index contributed by atoms with van der Waals surface area (Å²) >= 11 is 0. The normalized spacial score (nSPS) is 38.3. The van der Waals surface area contributed by atoms with E-state index in [1.54, 1.807) is 6.07 Å². The van der Waals surface area contributed by atoms with Crippen molar-refractivity contribution in [2.75, 3.05) is 26.9 Å². The first-order chi connectivity index (χ1) is 14.7. The summed E-state index contributed by atoms with van der Waals surface area (Å²) < 4.78 is 26.8. The molecule has 2 heterocycles. The molecule has 0 aliphatic carbocycles. The second kappa shape index (κ2) is 9.92. The van der Waals surface area contributed by atoms with Crippen LogP contribution >= 0.6 is 0 Å². The Morgan fingerprint density at radius 3 is 2.39 bits per heavy atom. The summed E-state index contributed by atoms with van der Waals surface area (Å²) in [6.07, 6.45) is -10.3. The minimum absolute atomic E-state index is 0.162. The Kier molecular flexibility index (Phi) is 7.70. The van der Waals surface area contributed by atoms with E-state index in [0.717, 1.165) is 0 Å². The smallest absolute Gasteiger partial charge is 0.229 e. The zero-order chi connectivity index (χ0) is 22.8. The Hall–Kier alpha value is -1.58. The molecule has 0 spiro atoms. The van der Waals surface area contributed by atoms with Crippen molar-refractivity contribution in [2.45, 2.75) is 55.3 Å². The number of rotatable bonds is 8. The fourth-order valence-corrected chi connectivity index (χ4v) is 3.31. The lowest BCUT2D eigenvalue weighted by Gasteiger charge is -2.40. The Morgan fingerprint density at radius 2 is 1.77 bits per heavy atom. The molecule has 12 nitrogen and oxygen atoms in total. The largest absolute Gasteiger partial charge is 0.493 e. The van der Waals surface area contributed by atoms with Crippen LogP contribution in [0.3, 0.4) is 0 Å². The summed E-state index contributed by atoms with van der Waals surface area (Å²) in [5.74, 6) is 0.413. The lowest BCUT2D eigenvalue weighted by Crippen LogP contribution is -2.60. The van der Waals surface area contributed by atoms with Gasteiger partial charge >= 0.3 is 0 Å². The summed E-state index contributed by atoms with van der Waals surface area (Å²) in [6.45, 7) is -1.72. The number of methoxy groups -OCH3 is 1. The average Bonchev–Trinajstić information content (AvgIpc) is 3.07. The molecule has 7 N–H and O–H groups in total. The first-order valence-electron chi connectivity index (χ1n) is 9.62. The minimum atomic E-state index is -1.88. The zero-order valence-corrected chi connectivity index (χ0v) is 16.8. The topological polar surface area (TPSA) is 188 Å². The van der Waals surface area contributed by atoms with Crippen molar-refractivity contribution in [3.8, 4) is 11.5 Å². The molecule has 31 heavy (non-hydrogen) atoms. The van der Waals surface area contributed by atoms with Gasteiger partial charge in [-0.3, -0.25) is 0 Å². The van der Waals surface area contributed by atoms with Crippen LogP contribution in [-0.2, 0) is 20.8 Å². The molecule has 12 heteroatoms. The van der Waals surface area contributed by atoms with Crippen LogP contribution in [0.5, 0.6) is 11.5 Å². The Labute approximate surface area is 177 Å². The second-order valence-corrected chi connectivity index (χ2v) is 7.50. The lowest BCUT2D eigenvalue weighted by atomic mass is 9.99. The maximum Gasteiger partial charge on any atom is 0.229 e. The van der Waals surface area contributed by atoms with Crippen molar-refractivity contribution in [1.82, 2.24) is 0 Å². The molecule has 1 aromatic carbocycles. The molecule has 0 radical (unpaired) electrons. The van der Waals surface area contributed by atoms with Gasteiger partial charge in [0.1, 0.15) is 36.1 Å². The van der Waals surface area contributed by atoms with E-state index in [9.17, 15) is 35.7 Å². The van der Waals surface area contributed by atoms with E-state index >= 15 is 0 Å². The highest BCUT2D eigenvalue weighted by molar-refractivity contribution is 5.43. The molecule has 2 saturated heterocycles. The van der Waals surface area contributed by atoms with Gasteiger partial charge in [-0.2, -0.15) is 0 Å². The summed E-state index contributed by atoms with van der Waals surface area (Å²) in [6, 6.07) is 4.58. The third-order valence-corrected chi connectivity index (χ3v) is 5.33. The molecule has 0 amide bonds. The van der Waals surface area contributed by atoms with Gasteiger partial charge < -0.3 is 59.4 Å². The second-order valence-electron chi connectivity index (χ2n) is 7.50. The fourth-order valence-electron chi connectivity index (χ4n) is 3.31. The third kappa shape index (κ3) is 4.93. The Bertz CT molecular complexity index is 732. The summed E-state index contributed by atoms with van der Waals surface area (Å²) in [4.78, 5) is 0. The molecule has 8 unspecified atom stereocenters. The van der Waals surface area contributed by atoms with Gasteiger partial charge in [0, 0.05) is 0 Å². The van der Waals surface area contributed by atoms with E-state index in [1.807, 2.05) is 0 Å². The number of hydrogen-bond acceptors (Lipinski definition) is 12. The molecule has 0 aromatic heterocycles. The third-order valence-electron chi connectivity index (χ3n) is 5.33. The van der Waals surface area contributed by atoms with Crippen LogP contribution in [0.4, 0.5) is 0 Å². The molecule has 2 aliphatic rings. The van der Waals surface area contributed by atoms with Crippen molar-refractivity contribution >= 4 is 0 Å². The van der Waals surface area contributed by atoms with Crippen LogP contribution in [0.2, 0.25) is 0 Å². The quantitative estimate of drug-likeness (QED) is 0.212. The monoisotopic (exact) mass is 448 g/mol. The number of hydrogen-bond donors (Lipinski definition) is 7. The fraction of sp³-hybridized carbons (Fsp3) is 0.684. The highest BCUT2D eigenvalue weighted by Gasteiger charge is 2.50. The van der Waals surface area contributed by atoms with Gasteiger partial charge in [0.25, 0.3) is 0 Å². The summed E-state index contributed by atoms with van der Waals surface area (Å²) in [5.41, 5.74) is -1.32. The zero-order valence-electron chi connectivity index (χ0n) is 16.8. The van der Waals surface area contributed by atoms with E-state index < -0.39 is 61.9 Å². The molecule has 3 rings (SSSR count). The molecule has 2 aliphatic heterocycles. The van der Waals surface area contributed by atoms with Crippen molar-refractivity contribution in [3.63, 3.8) is 0 Å². The maximum atomic E-state index is 10.3. The van der Waals surface area contributed by atoms with Crippen LogP contribution in [0.15, 0.2) is 18.2 Å². The predicted molar refractivity (Wildman–Crippen MR) is 100.0 cm³/mol. The van der Waals surface area contributed by atoms with E-state index in [4.69, 9.17) is 23.7 Å². The van der Waals surface area contributed by atoms with E-state index in [1.165, 1.54) is 19.2 Å². The Morgan fingerprint density at radius 1 is 1.03 bits per heavy atom. The van der Waals surface area contributed by atoms with Crippen LogP contribution < -0.4 is 9.47 Å². The number of ether oxygens (including phenoxy) is 5. The van der Waals surface area contributed by atoms with E-state index in [2.05, 4.69) is 0 Å². The minimum Gasteiger partial charge on any atom is -0.493 e. The average molecular weight is 448 g/mol. The number of aliphatic hydroxyl groups is 7. The van der Waals surface area contributed by atoms with Crippen molar-refractivity contribution in [1.29, 1.82) is 0 Å². The van der Waals surface area contributed by atoms with Crippen LogP contribution in [0.1, 0.15) is 5.56 Å². The van der Waals surface area contributed by atoms with Crippen molar-refractivity contribution in [3.05, 3.63) is 23.8 Å². The maximum absolute atomic E-state index is 10.3. The SMILES string of the molecule is COc1cc(CO)ccc1OC1OC(COC2OCC(O)(CO)C2O)C(O)C(O)C1O. The molecular formula is C19H28O12. The predicted octanol–water partition coefficient (Wildman–Crippen LogP) is -3.17. The van der Waals surface area contributed by atoms with E-state index in [-0.39, 0.29) is 24.7 Å². The molecular weight excluding hydrogens is 420 g/mol. The lowest BCUT2D eigenvalue weighted by molar-refractivity contribution is -0.289. The number of benzene rings is 1. The van der Waals surface area contributed by atoms with Crippen molar-refractivity contribution in [2.24, 2.45) is 0 Å². The first-order valence-corrected chi connectivity index (χ1v) is 9.62. The van der Waals surface area contributed by atoms with Crippen molar-refractivity contribution < 1.29 is 59.4 Å². The highest BCUT2D eigenvalue weighted by atomic mass is 16.7. The van der Waals surface area contributed by atoms with Crippen LogP contribution in [0.25, 0.3) is 0 Å². The van der Waals surface area contributed by atoms with Gasteiger partial charge in [-0.1, -0.05) is 6.07 Å². The molecule has 2 fully saturated rings. The summed E-state index contributed by atoms with van der Waals surface area (Å²) in [5, 5.41) is 69.1. The van der Waals surface area contributed by atoms with Gasteiger partial charge in [-0.05, 0) is 17.7 Å². The van der Waals surface area contributed by atoms with Gasteiger partial charge in [0.15, 0.2) is 17.8 Å². The molecule has 0 saturated carbocycles. The Balaban J connectivity index is 1.67. The summed E-state index contributed by atoms with van der Waals surface area (Å²) in [7, 11) is 1.39. The van der Waals surface area contributed by atoms with Crippen LogP contribution in [0, 0.1) is 0 Å². The highest BCUT2D eigenvalue weighted by Crippen LogP contribution is 2.32. The van der Waals surface area contributed by atoms with Gasteiger partial charge in [0.2, 0.25) is 6.29 Å².